The summed E-state index contributed by atoms with van der Waals surface area (Å²) in [6.07, 6.45) is -1.17. The van der Waals surface area contributed by atoms with Crippen molar-refractivity contribution in [2.75, 3.05) is 38.6 Å². The fraction of sp³-hybridized carbons (Fsp3) is 0.533. The van der Waals surface area contributed by atoms with Crippen molar-refractivity contribution < 1.29 is 31.6 Å². The SMILES string of the molecule is O=C(Cc1ccc(F)cc1)OC(CN1CCOCC1)CS(=O)(=O)[O-]. The molecule has 0 amide bonds. The highest BCUT2D eigenvalue weighted by atomic mass is 32.2. The molecule has 0 spiro atoms. The summed E-state index contributed by atoms with van der Waals surface area (Å²) in [5, 5.41) is 0. The molecule has 1 unspecified atom stereocenters. The molecule has 9 heteroatoms. The van der Waals surface area contributed by atoms with E-state index in [9.17, 15) is 22.2 Å². The van der Waals surface area contributed by atoms with Crippen LogP contribution >= 0.6 is 0 Å². The molecule has 1 saturated heterocycles. The van der Waals surface area contributed by atoms with Crippen LogP contribution in [0.15, 0.2) is 24.3 Å². The Balaban J connectivity index is 1.94. The molecule has 0 N–H and O–H groups in total. The lowest BCUT2D eigenvalue weighted by molar-refractivity contribution is -0.148. The van der Waals surface area contributed by atoms with Crippen molar-refractivity contribution in [3.8, 4) is 0 Å². The molecule has 1 aliphatic rings. The predicted octanol–water partition coefficient (Wildman–Crippen LogP) is 0.157. The molecule has 1 aromatic carbocycles. The third-order valence-corrected chi connectivity index (χ3v) is 4.30. The van der Waals surface area contributed by atoms with Gasteiger partial charge < -0.3 is 14.0 Å². The summed E-state index contributed by atoms with van der Waals surface area (Å²) in [6, 6.07) is 5.32. The van der Waals surface area contributed by atoms with Gasteiger partial charge in [0.15, 0.2) is 0 Å². The first kappa shape index (κ1) is 18.8. The van der Waals surface area contributed by atoms with Crippen LogP contribution in [0.5, 0.6) is 0 Å². The van der Waals surface area contributed by atoms with E-state index in [1.807, 2.05) is 4.90 Å². The van der Waals surface area contributed by atoms with Crippen LogP contribution in [0.3, 0.4) is 0 Å². The van der Waals surface area contributed by atoms with Gasteiger partial charge in [-0.15, -0.1) is 0 Å². The van der Waals surface area contributed by atoms with Gasteiger partial charge in [-0.1, -0.05) is 12.1 Å². The van der Waals surface area contributed by atoms with Crippen molar-refractivity contribution in [1.82, 2.24) is 4.90 Å². The summed E-state index contributed by atoms with van der Waals surface area (Å²) in [4.78, 5) is 13.9. The average molecular weight is 360 g/mol. The van der Waals surface area contributed by atoms with Crippen molar-refractivity contribution >= 4 is 16.1 Å². The molecular weight excluding hydrogens is 341 g/mol. The van der Waals surface area contributed by atoms with Gasteiger partial charge in [0, 0.05) is 19.6 Å². The second-order valence-corrected chi connectivity index (χ2v) is 7.00. The number of esters is 1. The Morgan fingerprint density at radius 2 is 1.92 bits per heavy atom. The van der Waals surface area contributed by atoms with Gasteiger partial charge in [-0.3, -0.25) is 9.69 Å². The van der Waals surface area contributed by atoms with Gasteiger partial charge in [0.1, 0.15) is 11.9 Å². The van der Waals surface area contributed by atoms with Crippen molar-refractivity contribution in [2.45, 2.75) is 12.5 Å². The fourth-order valence-electron chi connectivity index (χ4n) is 2.42. The van der Waals surface area contributed by atoms with Gasteiger partial charge in [0.25, 0.3) is 0 Å². The van der Waals surface area contributed by atoms with Crippen LogP contribution in [0.2, 0.25) is 0 Å². The number of halogens is 1. The number of ether oxygens (including phenoxy) is 2. The number of nitrogens with zero attached hydrogens (tertiary/aromatic N) is 1. The summed E-state index contributed by atoms with van der Waals surface area (Å²) in [6.45, 7) is 2.30. The van der Waals surface area contributed by atoms with E-state index in [2.05, 4.69) is 0 Å². The minimum Gasteiger partial charge on any atom is -0.748 e. The van der Waals surface area contributed by atoms with Gasteiger partial charge in [-0.05, 0) is 17.7 Å². The van der Waals surface area contributed by atoms with Crippen molar-refractivity contribution in [2.24, 2.45) is 0 Å². The third kappa shape index (κ3) is 6.91. The van der Waals surface area contributed by atoms with Crippen molar-refractivity contribution in [1.29, 1.82) is 0 Å². The van der Waals surface area contributed by atoms with E-state index < -0.39 is 33.8 Å². The zero-order chi connectivity index (χ0) is 17.6. The number of morpholine rings is 1. The standard InChI is InChI=1S/C15H20FNO6S/c16-13-3-1-12(2-4-13)9-15(18)23-14(11-24(19,20)21)10-17-5-7-22-8-6-17/h1-4,14H,5-11H2,(H,19,20,21)/p-1. The first-order valence-corrected chi connectivity index (χ1v) is 9.07. The van der Waals surface area contributed by atoms with Crippen molar-refractivity contribution in [3.05, 3.63) is 35.6 Å². The number of rotatable bonds is 7. The molecule has 1 aliphatic heterocycles. The molecule has 1 heterocycles. The van der Waals surface area contributed by atoms with E-state index in [0.29, 0.717) is 31.9 Å². The molecule has 1 fully saturated rings. The highest BCUT2D eigenvalue weighted by molar-refractivity contribution is 7.85. The lowest BCUT2D eigenvalue weighted by Gasteiger charge is -2.30. The second kappa shape index (κ2) is 8.52. The summed E-state index contributed by atoms with van der Waals surface area (Å²) >= 11 is 0. The Kier molecular flexibility index (Phi) is 6.67. The van der Waals surface area contributed by atoms with Gasteiger partial charge in [0.2, 0.25) is 0 Å². The van der Waals surface area contributed by atoms with Crippen LogP contribution in [0.25, 0.3) is 0 Å². The Morgan fingerprint density at radius 3 is 2.50 bits per heavy atom. The monoisotopic (exact) mass is 360 g/mol. The number of carbonyl (C=O) groups excluding carboxylic acids is 1. The Hall–Kier alpha value is -1.55. The smallest absolute Gasteiger partial charge is 0.310 e. The molecule has 0 saturated carbocycles. The molecule has 2 rings (SSSR count). The van der Waals surface area contributed by atoms with Crippen LogP contribution in [-0.2, 0) is 30.8 Å². The third-order valence-electron chi connectivity index (χ3n) is 3.52. The molecule has 1 aromatic rings. The van der Waals surface area contributed by atoms with Crippen LogP contribution in [-0.4, -0.2) is 68.5 Å². The average Bonchev–Trinajstić information content (AvgIpc) is 2.49. The fourth-order valence-corrected chi connectivity index (χ4v) is 3.05. The topological polar surface area (TPSA) is 96.0 Å². The maximum absolute atomic E-state index is 12.8. The van der Waals surface area contributed by atoms with E-state index in [-0.39, 0.29) is 13.0 Å². The van der Waals surface area contributed by atoms with Gasteiger partial charge >= 0.3 is 5.97 Å². The summed E-state index contributed by atoms with van der Waals surface area (Å²) in [5.74, 6) is -1.86. The molecule has 7 nitrogen and oxygen atoms in total. The minimum absolute atomic E-state index is 0.126. The highest BCUT2D eigenvalue weighted by Gasteiger charge is 2.22. The Labute approximate surface area is 140 Å². The molecular formula is C15H19FNO6S-. The predicted molar refractivity (Wildman–Crippen MR) is 81.8 cm³/mol. The van der Waals surface area contributed by atoms with Crippen molar-refractivity contribution in [3.63, 3.8) is 0 Å². The second-order valence-electron chi connectivity index (χ2n) is 5.55. The molecule has 24 heavy (non-hydrogen) atoms. The van der Waals surface area contributed by atoms with Crippen LogP contribution < -0.4 is 0 Å². The molecule has 0 aromatic heterocycles. The minimum atomic E-state index is -4.53. The summed E-state index contributed by atoms with van der Waals surface area (Å²) in [7, 11) is -4.53. The van der Waals surface area contributed by atoms with E-state index in [4.69, 9.17) is 9.47 Å². The number of carbonyl (C=O) groups is 1. The largest absolute Gasteiger partial charge is 0.748 e. The lowest BCUT2D eigenvalue weighted by Crippen LogP contribution is -2.44. The van der Waals surface area contributed by atoms with Crippen LogP contribution in [0, 0.1) is 5.82 Å². The Morgan fingerprint density at radius 1 is 1.29 bits per heavy atom. The summed E-state index contributed by atoms with van der Waals surface area (Å²) in [5.41, 5.74) is 0.538. The Bertz CT molecular complexity index is 642. The van der Waals surface area contributed by atoms with E-state index in [1.165, 1.54) is 24.3 Å². The highest BCUT2D eigenvalue weighted by Crippen LogP contribution is 2.08. The van der Waals surface area contributed by atoms with Gasteiger partial charge in [-0.2, -0.15) is 0 Å². The van der Waals surface area contributed by atoms with Crippen LogP contribution in [0.4, 0.5) is 4.39 Å². The van der Waals surface area contributed by atoms with E-state index >= 15 is 0 Å². The molecule has 0 aliphatic carbocycles. The lowest BCUT2D eigenvalue weighted by atomic mass is 10.1. The maximum atomic E-state index is 12.8. The normalized spacial score (nSPS) is 17.4. The van der Waals surface area contributed by atoms with E-state index in [0.717, 1.165) is 0 Å². The first-order valence-electron chi connectivity index (χ1n) is 7.49. The number of benzene rings is 1. The van der Waals surface area contributed by atoms with Gasteiger partial charge in [0.05, 0.1) is 35.5 Å². The summed E-state index contributed by atoms with van der Waals surface area (Å²) < 4.78 is 56.3. The van der Waals surface area contributed by atoms with E-state index in [1.54, 1.807) is 0 Å². The van der Waals surface area contributed by atoms with Gasteiger partial charge in [-0.25, -0.2) is 12.8 Å². The zero-order valence-electron chi connectivity index (χ0n) is 13.0. The van der Waals surface area contributed by atoms with Crippen LogP contribution in [0.1, 0.15) is 5.56 Å². The molecule has 0 radical (unpaired) electrons. The first-order chi connectivity index (χ1) is 11.3. The molecule has 134 valence electrons. The molecule has 1 atom stereocenters. The maximum Gasteiger partial charge on any atom is 0.310 e. The number of hydrogen-bond acceptors (Lipinski definition) is 7. The zero-order valence-corrected chi connectivity index (χ0v) is 13.8. The number of hydrogen-bond donors (Lipinski definition) is 0. The molecule has 0 bridgehead atoms. The quantitative estimate of drug-likeness (QED) is 0.505.